The number of benzene rings is 3. The maximum atomic E-state index is 13.9. The maximum Gasteiger partial charge on any atom is 0.420 e. The van der Waals surface area contributed by atoms with Gasteiger partial charge in [0.25, 0.3) is 5.91 Å². The number of hydrogen-bond acceptors (Lipinski definition) is 3. The molecule has 0 aliphatic heterocycles. The highest BCUT2D eigenvalue weighted by Crippen LogP contribution is 2.40. The fourth-order valence-corrected chi connectivity index (χ4v) is 3.21. The molecule has 3 aromatic carbocycles. The van der Waals surface area contributed by atoms with Crippen molar-refractivity contribution in [2.45, 2.75) is 19.0 Å². The molecule has 0 atom stereocenters. The molecule has 0 aliphatic carbocycles. The van der Waals surface area contributed by atoms with Crippen LogP contribution in [0.1, 0.15) is 37.4 Å². The number of carbonyl (C=O) groups excluding carboxylic acids is 2. The van der Waals surface area contributed by atoms with E-state index in [0.717, 1.165) is 11.6 Å². The molecule has 4 nitrogen and oxygen atoms in total. The number of halogens is 4. The van der Waals surface area contributed by atoms with E-state index in [1.165, 1.54) is 18.2 Å². The topological polar surface area (TPSA) is 55.4 Å². The van der Waals surface area contributed by atoms with Gasteiger partial charge in [0, 0.05) is 16.1 Å². The lowest BCUT2D eigenvalue weighted by Crippen LogP contribution is -2.28. The smallest absolute Gasteiger partial charge is 0.379 e. The molecule has 3 rings (SSSR count). The van der Waals surface area contributed by atoms with Crippen molar-refractivity contribution in [3.05, 3.63) is 99.6 Å². The Labute approximate surface area is 181 Å². The van der Waals surface area contributed by atoms with Gasteiger partial charge < -0.3 is 4.84 Å². The molecule has 0 spiro atoms. The average molecular weight is 448 g/mol. The molecule has 1 amide bonds. The average Bonchev–Trinajstić information content (AvgIpc) is 2.76. The van der Waals surface area contributed by atoms with Crippen LogP contribution in [0, 0.1) is 0 Å². The summed E-state index contributed by atoms with van der Waals surface area (Å²) in [6, 6.07) is 16.9. The van der Waals surface area contributed by atoms with Crippen molar-refractivity contribution in [3.8, 4) is 5.75 Å². The Hall–Kier alpha value is -3.32. The number of hydroxylamine groups is 1. The second kappa shape index (κ2) is 9.66. The van der Waals surface area contributed by atoms with E-state index in [1.54, 1.807) is 42.5 Å². The monoisotopic (exact) mass is 447 g/mol. The van der Waals surface area contributed by atoms with Crippen molar-refractivity contribution in [2.24, 2.45) is 0 Å². The summed E-state index contributed by atoms with van der Waals surface area (Å²) in [5.41, 5.74) is 1.62. The molecular weight excluding hydrogens is 431 g/mol. The first-order valence-corrected chi connectivity index (χ1v) is 9.62. The van der Waals surface area contributed by atoms with Crippen molar-refractivity contribution < 1.29 is 27.6 Å². The molecule has 0 aliphatic rings. The molecule has 0 unspecified atom stereocenters. The SMILES string of the molecule is O=Cc1ccc(ONC(=O)c2ccccc2)c(C(F)(F)F)c1CCc1ccc(Cl)cc1. The third-order valence-corrected chi connectivity index (χ3v) is 4.84. The van der Waals surface area contributed by atoms with Crippen molar-refractivity contribution in [2.75, 3.05) is 0 Å². The number of carbonyl (C=O) groups is 2. The van der Waals surface area contributed by atoms with E-state index in [4.69, 9.17) is 16.4 Å². The molecule has 0 fully saturated rings. The summed E-state index contributed by atoms with van der Waals surface area (Å²) in [6.07, 6.45) is -4.24. The van der Waals surface area contributed by atoms with E-state index in [-0.39, 0.29) is 29.5 Å². The number of aryl methyl sites for hydroxylation is 1. The van der Waals surface area contributed by atoms with E-state index in [2.05, 4.69) is 0 Å². The van der Waals surface area contributed by atoms with E-state index in [1.807, 2.05) is 5.48 Å². The van der Waals surface area contributed by atoms with Gasteiger partial charge in [-0.3, -0.25) is 9.59 Å². The van der Waals surface area contributed by atoms with Crippen LogP contribution in [-0.4, -0.2) is 12.2 Å². The Morgan fingerprint density at radius 2 is 1.65 bits per heavy atom. The van der Waals surface area contributed by atoms with Gasteiger partial charge in [0.15, 0.2) is 5.75 Å². The van der Waals surface area contributed by atoms with Gasteiger partial charge in [0.1, 0.15) is 11.8 Å². The van der Waals surface area contributed by atoms with Crippen LogP contribution >= 0.6 is 11.6 Å². The summed E-state index contributed by atoms with van der Waals surface area (Å²) in [4.78, 5) is 28.6. The predicted octanol–water partition coefficient (Wildman–Crippen LogP) is 5.68. The second-order valence-corrected chi connectivity index (χ2v) is 7.08. The third-order valence-electron chi connectivity index (χ3n) is 4.59. The zero-order valence-corrected chi connectivity index (χ0v) is 16.8. The van der Waals surface area contributed by atoms with Crippen molar-refractivity contribution >= 4 is 23.8 Å². The Balaban J connectivity index is 1.90. The predicted molar refractivity (Wildman–Crippen MR) is 110 cm³/mol. The highest BCUT2D eigenvalue weighted by Gasteiger charge is 2.38. The van der Waals surface area contributed by atoms with E-state index in [0.29, 0.717) is 11.3 Å². The van der Waals surface area contributed by atoms with Gasteiger partial charge in [-0.2, -0.15) is 18.7 Å². The van der Waals surface area contributed by atoms with Crippen molar-refractivity contribution in [3.63, 3.8) is 0 Å². The summed E-state index contributed by atoms with van der Waals surface area (Å²) < 4.78 is 41.8. The number of alkyl halides is 3. The lowest BCUT2D eigenvalue weighted by Gasteiger charge is -2.19. The molecule has 1 N–H and O–H groups in total. The minimum absolute atomic E-state index is 0.0611. The minimum Gasteiger partial charge on any atom is -0.379 e. The van der Waals surface area contributed by atoms with Crippen LogP contribution in [0.3, 0.4) is 0 Å². The summed E-state index contributed by atoms with van der Waals surface area (Å²) in [7, 11) is 0. The van der Waals surface area contributed by atoms with Crippen LogP contribution in [0.5, 0.6) is 5.75 Å². The van der Waals surface area contributed by atoms with Crippen LogP contribution in [0.25, 0.3) is 0 Å². The van der Waals surface area contributed by atoms with Crippen LogP contribution in [-0.2, 0) is 19.0 Å². The summed E-state index contributed by atoms with van der Waals surface area (Å²) in [6.45, 7) is 0. The molecule has 8 heteroatoms. The fraction of sp³-hybridized carbons (Fsp3) is 0.130. The Morgan fingerprint density at radius 1 is 0.968 bits per heavy atom. The molecule has 0 aromatic heterocycles. The Morgan fingerprint density at radius 3 is 2.26 bits per heavy atom. The number of hydrogen-bond donors (Lipinski definition) is 1. The first kappa shape index (κ1) is 22.4. The molecule has 0 bridgehead atoms. The molecule has 3 aromatic rings. The van der Waals surface area contributed by atoms with Gasteiger partial charge in [-0.05, 0) is 60.4 Å². The molecule has 31 heavy (non-hydrogen) atoms. The van der Waals surface area contributed by atoms with Crippen LogP contribution < -0.4 is 10.3 Å². The van der Waals surface area contributed by atoms with Crippen LogP contribution in [0.2, 0.25) is 5.02 Å². The third kappa shape index (κ3) is 5.64. The van der Waals surface area contributed by atoms with Gasteiger partial charge in [-0.1, -0.05) is 41.9 Å². The minimum atomic E-state index is -4.80. The number of nitrogens with one attached hydrogen (secondary N) is 1. The normalized spacial score (nSPS) is 11.1. The number of rotatable bonds is 7. The van der Waals surface area contributed by atoms with Crippen LogP contribution in [0.4, 0.5) is 13.2 Å². The highest BCUT2D eigenvalue weighted by atomic mass is 35.5. The second-order valence-electron chi connectivity index (χ2n) is 6.65. The standard InChI is InChI=1S/C23H17ClF3NO3/c24-18-10-6-15(7-11-18)8-12-19-17(14-29)9-13-20(21(19)23(25,26)27)31-28-22(30)16-4-2-1-3-5-16/h1-7,9-11,13-14H,8,12H2,(H,28,30). The van der Waals surface area contributed by atoms with E-state index >= 15 is 0 Å². The van der Waals surface area contributed by atoms with Gasteiger partial charge in [0.2, 0.25) is 0 Å². The molecule has 0 saturated carbocycles. The molecule has 0 radical (unpaired) electrons. The lowest BCUT2D eigenvalue weighted by atomic mass is 9.94. The number of amides is 1. The van der Waals surface area contributed by atoms with Crippen molar-refractivity contribution in [1.82, 2.24) is 5.48 Å². The van der Waals surface area contributed by atoms with Crippen LogP contribution in [0.15, 0.2) is 66.7 Å². The van der Waals surface area contributed by atoms with Gasteiger partial charge in [-0.25, -0.2) is 0 Å². The van der Waals surface area contributed by atoms with Gasteiger partial charge >= 0.3 is 6.18 Å². The largest absolute Gasteiger partial charge is 0.420 e. The number of aldehydes is 1. The lowest BCUT2D eigenvalue weighted by molar-refractivity contribution is -0.140. The summed E-state index contributed by atoms with van der Waals surface area (Å²) in [5.74, 6) is -1.29. The fourth-order valence-electron chi connectivity index (χ4n) is 3.09. The van der Waals surface area contributed by atoms with Crippen molar-refractivity contribution in [1.29, 1.82) is 0 Å². The Bertz CT molecular complexity index is 1070. The first-order valence-electron chi connectivity index (χ1n) is 9.24. The van der Waals surface area contributed by atoms with Gasteiger partial charge in [0.05, 0.1) is 0 Å². The molecular formula is C23H17ClF3NO3. The first-order chi connectivity index (χ1) is 14.8. The molecule has 0 heterocycles. The zero-order chi connectivity index (χ0) is 22.4. The Kier molecular flexibility index (Phi) is 6.97. The summed E-state index contributed by atoms with van der Waals surface area (Å²) in [5, 5.41) is 0.512. The molecule has 0 saturated heterocycles. The molecule has 160 valence electrons. The van der Waals surface area contributed by atoms with E-state index in [9.17, 15) is 22.8 Å². The highest BCUT2D eigenvalue weighted by molar-refractivity contribution is 6.30. The van der Waals surface area contributed by atoms with Gasteiger partial charge in [-0.15, -0.1) is 0 Å². The van der Waals surface area contributed by atoms with E-state index < -0.39 is 23.4 Å². The quantitative estimate of drug-likeness (QED) is 0.374. The zero-order valence-electron chi connectivity index (χ0n) is 16.1. The summed E-state index contributed by atoms with van der Waals surface area (Å²) >= 11 is 5.84. The maximum absolute atomic E-state index is 13.9.